The molecule has 0 saturated carbocycles. The van der Waals surface area contributed by atoms with Gasteiger partial charge in [-0.3, -0.25) is 23.7 Å². The Morgan fingerprint density at radius 2 is 1.71 bits per heavy atom. The van der Waals surface area contributed by atoms with E-state index in [-0.39, 0.29) is 12.5 Å². The van der Waals surface area contributed by atoms with Crippen molar-refractivity contribution < 1.29 is 4.79 Å². The zero-order valence-electron chi connectivity index (χ0n) is 16.7. The summed E-state index contributed by atoms with van der Waals surface area (Å²) in [5.41, 5.74) is 1.62. The van der Waals surface area contributed by atoms with E-state index in [0.29, 0.717) is 28.0 Å². The molecule has 0 aliphatic rings. The van der Waals surface area contributed by atoms with E-state index in [2.05, 4.69) is 10.3 Å². The van der Waals surface area contributed by atoms with Crippen LogP contribution in [0.25, 0.3) is 10.9 Å². The summed E-state index contributed by atoms with van der Waals surface area (Å²) < 4.78 is 2.57. The summed E-state index contributed by atoms with van der Waals surface area (Å²) in [6.45, 7) is 0.449. The minimum absolute atomic E-state index is 0.108. The molecule has 8 heteroatoms. The van der Waals surface area contributed by atoms with Crippen LogP contribution in [0.15, 0.2) is 76.6 Å². The summed E-state index contributed by atoms with van der Waals surface area (Å²) in [5, 5.41) is 3.70. The predicted octanol–water partition coefficient (Wildman–Crippen LogP) is 2.73. The van der Waals surface area contributed by atoms with Crippen LogP contribution in [0.4, 0.5) is 0 Å². The van der Waals surface area contributed by atoms with Crippen molar-refractivity contribution in [2.75, 3.05) is 0 Å². The monoisotopic (exact) mass is 434 g/mol. The minimum atomic E-state index is -0.447. The summed E-state index contributed by atoms with van der Waals surface area (Å²) in [6, 6.07) is 15.3. The van der Waals surface area contributed by atoms with Crippen LogP contribution in [0, 0.1) is 0 Å². The second-order valence-electron chi connectivity index (χ2n) is 7.13. The number of carbonyl (C=O) groups excluding carboxylic acids is 1. The number of carbonyl (C=O) groups is 1. The van der Waals surface area contributed by atoms with E-state index in [1.165, 1.54) is 10.6 Å². The van der Waals surface area contributed by atoms with E-state index in [1.807, 2.05) is 12.1 Å². The van der Waals surface area contributed by atoms with E-state index in [0.717, 1.165) is 15.7 Å². The lowest BCUT2D eigenvalue weighted by atomic mass is 10.1. The van der Waals surface area contributed by atoms with Crippen molar-refractivity contribution in [2.24, 2.45) is 7.05 Å². The number of nitrogens with zero attached hydrogens (tertiary/aromatic N) is 3. The molecule has 2 aromatic carbocycles. The summed E-state index contributed by atoms with van der Waals surface area (Å²) in [6.07, 6.45) is 3.31. The molecular formula is C23H19ClN4O3. The molecule has 7 nitrogen and oxygen atoms in total. The van der Waals surface area contributed by atoms with Crippen LogP contribution in [0.5, 0.6) is 0 Å². The highest BCUT2D eigenvalue weighted by Crippen LogP contribution is 2.13. The zero-order valence-corrected chi connectivity index (χ0v) is 17.5. The van der Waals surface area contributed by atoms with Crippen molar-refractivity contribution in [1.82, 2.24) is 19.4 Å². The van der Waals surface area contributed by atoms with Gasteiger partial charge >= 0.3 is 5.69 Å². The first-order valence-electron chi connectivity index (χ1n) is 9.59. The molecule has 0 spiro atoms. The Morgan fingerprint density at radius 3 is 2.42 bits per heavy atom. The molecule has 2 aromatic heterocycles. The molecule has 4 aromatic rings. The molecule has 1 amide bonds. The number of nitrogens with one attached hydrogen (secondary N) is 1. The van der Waals surface area contributed by atoms with Crippen molar-refractivity contribution in [1.29, 1.82) is 0 Å². The van der Waals surface area contributed by atoms with Gasteiger partial charge in [-0.2, -0.15) is 0 Å². The molecule has 0 bridgehead atoms. The zero-order chi connectivity index (χ0) is 22.0. The predicted molar refractivity (Wildman–Crippen MR) is 119 cm³/mol. The van der Waals surface area contributed by atoms with Gasteiger partial charge in [0.2, 0.25) is 0 Å². The first kappa shape index (κ1) is 20.6. The number of hydrogen-bond acceptors (Lipinski definition) is 4. The van der Waals surface area contributed by atoms with Gasteiger partial charge in [0.25, 0.3) is 11.5 Å². The van der Waals surface area contributed by atoms with Gasteiger partial charge in [-0.25, -0.2) is 4.79 Å². The third kappa shape index (κ3) is 4.27. The highest BCUT2D eigenvalue weighted by Gasteiger charge is 2.14. The summed E-state index contributed by atoms with van der Waals surface area (Å²) in [5.74, 6) is -0.309. The Kier molecular flexibility index (Phi) is 5.68. The van der Waals surface area contributed by atoms with E-state index in [4.69, 9.17) is 11.6 Å². The maximum Gasteiger partial charge on any atom is 0.331 e. The summed E-state index contributed by atoms with van der Waals surface area (Å²) in [7, 11) is 1.60. The first-order chi connectivity index (χ1) is 14.9. The van der Waals surface area contributed by atoms with Gasteiger partial charge in [0.05, 0.1) is 17.4 Å². The van der Waals surface area contributed by atoms with E-state index >= 15 is 0 Å². The smallest absolute Gasteiger partial charge is 0.331 e. The molecule has 0 aliphatic heterocycles. The quantitative estimate of drug-likeness (QED) is 0.523. The number of aromatic nitrogens is 3. The van der Waals surface area contributed by atoms with E-state index in [9.17, 15) is 14.4 Å². The number of halogens is 1. The number of amides is 1. The Balaban J connectivity index is 1.69. The van der Waals surface area contributed by atoms with Gasteiger partial charge in [0, 0.05) is 36.6 Å². The fraction of sp³-hybridized carbons (Fsp3) is 0.130. The van der Waals surface area contributed by atoms with Crippen LogP contribution < -0.4 is 16.6 Å². The first-order valence-corrected chi connectivity index (χ1v) is 9.97. The van der Waals surface area contributed by atoms with Gasteiger partial charge in [-0.05, 0) is 53.6 Å². The number of hydrogen-bond donors (Lipinski definition) is 1. The molecule has 2 heterocycles. The largest absolute Gasteiger partial charge is 0.348 e. The average molecular weight is 435 g/mol. The maximum atomic E-state index is 13.1. The lowest BCUT2D eigenvalue weighted by Crippen LogP contribution is -2.39. The molecule has 31 heavy (non-hydrogen) atoms. The lowest BCUT2D eigenvalue weighted by molar-refractivity contribution is 0.0951. The molecule has 156 valence electrons. The lowest BCUT2D eigenvalue weighted by Gasteiger charge is -2.12. The normalized spacial score (nSPS) is 10.9. The van der Waals surface area contributed by atoms with E-state index in [1.54, 1.807) is 55.8 Å². The average Bonchev–Trinajstić information content (AvgIpc) is 2.80. The fourth-order valence-corrected chi connectivity index (χ4v) is 3.48. The molecular weight excluding hydrogens is 416 g/mol. The third-order valence-electron chi connectivity index (χ3n) is 5.07. The second-order valence-corrected chi connectivity index (χ2v) is 7.57. The molecule has 0 aliphatic carbocycles. The third-order valence-corrected chi connectivity index (χ3v) is 5.32. The van der Waals surface area contributed by atoms with Crippen molar-refractivity contribution in [2.45, 2.75) is 13.1 Å². The number of rotatable bonds is 5. The van der Waals surface area contributed by atoms with Gasteiger partial charge in [-0.1, -0.05) is 23.7 Å². The van der Waals surface area contributed by atoms with Gasteiger partial charge in [0.1, 0.15) is 0 Å². The number of benzene rings is 2. The van der Waals surface area contributed by atoms with Gasteiger partial charge in [0.15, 0.2) is 0 Å². The van der Waals surface area contributed by atoms with Crippen LogP contribution in [0.2, 0.25) is 5.02 Å². The number of pyridine rings is 1. The van der Waals surface area contributed by atoms with Crippen molar-refractivity contribution in [3.05, 3.63) is 110 Å². The number of aryl methyl sites for hydroxylation is 1. The highest BCUT2D eigenvalue weighted by atomic mass is 35.5. The fourth-order valence-electron chi connectivity index (χ4n) is 3.35. The molecule has 0 unspecified atom stereocenters. The van der Waals surface area contributed by atoms with Crippen LogP contribution >= 0.6 is 11.6 Å². The molecule has 0 radical (unpaired) electrons. The molecule has 0 saturated heterocycles. The second kappa shape index (κ2) is 8.57. The molecule has 0 atom stereocenters. The number of fused-ring (bicyclic) bond motifs is 1. The molecule has 4 rings (SSSR count). The van der Waals surface area contributed by atoms with Crippen LogP contribution in [-0.2, 0) is 20.1 Å². The molecule has 1 N–H and O–H groups in total. The Morgan fingerprint density at radius 1 is 1.00 bits per heavy atom. The molecule has 0 fully saturated rings. The highest BCUT2D eigenvalue weighted by molar-refractivity contribution is 6.30. The summed E-state index contributed by atoms with van der Waals surface area (Å²) >= 11 is 5.92. The Hall–Kier alpha value is -3.71. The van der Waals surface area contributed by atoms with Gasteiger partial charge < -0.3 is 5.32 Å². The van der Waals surface area contributed by atoms with Crippen LogP contribution in [-0.4, -0.2) is 20.0 Å². The minimum Gasteiger partial charge on any atom is -0.348 e. The van der Waals surface area contributed by atoms with Crippen LogP contribution in [0.1, 0.15) is 21.5 Å². The van der Waals surface area contributed by atoms with Crippen molar-refractivity contribution in [3.63, 3.8) is 0 Å². The maximum absolute atomic E-state index is 13.1. The SMILES string of the molecule is Cn1c(=O)n(Cc2ccc(Cl)cc2)c(=O)c2cc(C(=O)NCc3ccncc3)ccc21. The standard InChI is InChI=1S/C23H19ClN4O3/c1-27-20-7-4-17(21(29)26-13-15-8-10-25-11-9-15)12-19(20)22(30)28(23(27)31)14-16-2-5-18(24)6-3-16/h2-12H,13-14H2,1H3,(H,26,29). The summed E-state index contributed by atoms with van der Waals surface area (Å²) in [4.78, 5) is 42.4. The van der Waals surface area contributed by atoms with Crippen molar-refractivity contribution in [3.8, 4) is 0 Å². The topological polar surface area (TPSA) is 86.0 Å². The van der Waals surface area contributed by atoms with E-state index < -0.39 is 11.2 Å². The Labute approximate surface area is 182 Å². The Bertz CT molecular complexity index is 1380. The van der Waals surface area contributed by atoms with Crippen LogP contribution in [0.3, 0.4) is 0 Å². The van der Waals surface area contributed by atoms with Gasteiger partial charge in [-0.15, -0.1) is 0 Å². The van der Waals surface area contributed by atoms with Crippen molar-refractivity contribution >= 4 is 28.4 Å².